The molecule has 0 saturated heterocycles. The molecule has 0 atom stereocenters. The number of sulfonamides is 1. The Bertz CT molecular complexity index is 1070. The van der Waals surface area contributed by atoms with Crippen LogP contribution in [-0.4, -0.2) is 50.5 Å². The fraction of sp³-hybridized carbons (Fsp3) is 0.176. The van der Waals surface area contributed by atoms with Crippen molar-refractivity contribution in [1.29, 1.82) is 0 Å². The number of ether oxygens (including phenoxy) is 2. The van der Waals surface area contributed by atoms with E-state index in [4.69, 9.17) is 21.1 Å². The van der Waals surface area contributed by atoms with Gasteiger partial charge in [-0.25, -0.2) is 5.01 Å². The van der Waals surface area contributed by atoms with E-state index in [2.05, 4.69) is 9.50 Å². The van der Waals surface area contributed by atoms with Gasteiger partial charge in [-0.15, -0.1) is 4.40 Å². The van der Waals surface area contributed by atoms with Crippen LogP contribution in [0.15, 0.2) is 50.8 Å². The minimum Gasteiger partial charge on any atom is -0.454 e. The van der Waals surface area contributed by atoms with Crippen LogP contribution < -0.4 is 9.47 Å². The van der Waals surface area contributed by atoms with Crippen molar-refractivity contribution >= 4 is 33.7 Å². The van der Waals surface area contributed by atoms with Crippen LogP contribution in [0.25, 0.3) is 0 Å². The number of hydrogen-bond acceptors (Lipinski definition) is 7. The molecule has 2 heterocycles. The van der Waals surface area contributed by atoms with Crippen molar-refractivity contribution in [1.82, 2.24) is 5.01 Å². The molecular formula is C17H14ClN3O5S. The lowest BCUT2D eigenvalue weighted by molar-refractivity contribution is 0.174. The summed E-state index contributed by atoms with van der Waals surface area (Å²) < 4.78 is 38.9. The van der Waals surface area contributed by atoms with Crippen LogP contribution in [0.4, 0.5) is 0 Å². The van der Waals surface area contributed by atoms with Crippen LogP contribution in [-0.2, 0) is 10.0 Å². The maximum Gasteiger partial charge on any atom is 0.285 e. The second-order valence-corrected chi connectivity index (χ2v) is 7.68. The molecule has 1 N–H and O–H groups in total. The summed E-state index contributed by atoms with van der Waals surface area (Å²) in [6, 6.07) is 9.76. The van der Waals surface area contributed by atoms with Gasteiger partial charge in [0, 0.05) is 17.2 Å². The lowest BCUT2D eigenvalue weighted by Crippen LogP contribution is -2.28. The lowest BCUT2D eigenvalue weighted by Gasteiger charge is -2.17. The van der Waals surface area contributed by atoms with Gasteiger partial charge in [0.1, 0.15) is 4.90 Å². The largest absolute Gasteiger partial charge is 0.454 e. The summed E-state index contributed by atoms with van der Waals surface area (Å²) in [5, 5.41) is 15.4. The van der Waals surface area contributed by atoms with Crippen molar-refractivity contribution in [3.8, 4) is 11.5 Å². The second kappa shape index (κ2) is 6.84. The summed E-state index contributed by atoms with van der Waals surface area (Å²) in [6.45, 7) is -0.0663. The summed E-state index contributed by atoms with van der Waals surface area (Å²) >= 11 is 6.23. The minimum absolute atomic E-state index is 0.0569. The van der Waals surface area contributed by atoms with Crippen molar-refractivity contribution in [2.24, 2.45) is 9.50 Å². The standard InChI is InChI=1S/C17H14ClN3O5S/c18-13-8-15-14(25-10-26-15)7-11(13)9-19-21(5-6-22)17-12-3-1-2-4-16(12)27(23,24)20-17/h1-4,7-9,22H,5-6,10H2/b19-9-. The smallest absolute Gasteiger partial charge is 0.285 e. The van der Waals surface area contributed by atoms with Gasteiger partial charge in [-0.2, -0.15) is 13.5 Å². The number of benzene rings is 2. The Morgan fingerprint density at radius 3 is 2.78 bits per heavy atom. The van der Waals surface area contributed by atoms with E-state index in [0.717, 1.165) is 0 Å². The minimum atomic E-state index is -3.79. The Labute approximate surface area is 160 Å². The Hall–Kier alpha value is -2.62. The van der Waals surface area contributed by atoms with E-state index < -0.39 is 10.0 Å². The Morgan fingerprint density at radius 2 is 2.00 bits per heavy atom. The van der Waals surface area contributed by atoms with E-state index >= 15 is 0 Å². The van der Waals surface area contributed by atoms with Crippen LogP contribution in [0.2, 0.25) is 5.02 Å². The second-order valence-electron chi connectivity index (χ2n) is 5.70. The van der Waals surface area contributed by atoms with Crippen molar-refractivity contribution in [3.05, 3.63) is 52.5 Å². The molecule has 27 heavy (non-hydrogen) atoms. The highest BCUT2D eigenvalue weighted by atomic mass is 35.5. The van der Waals surface area contributed by atoms with E-state index in [1.807, 2.05) is 0 Å². The van der Waals surface area contributed by atoms with Gasteiger partial charge in [0.2, 0.25) is 6.79 Å². The monoisotopic (exact) mass is 407 g/mol. The first-order valence-corrected chi connectivity index (χ1v) is 9.77. The molecular weight excluding hydrogens is 394 g/mol. The molecule has 0 amide bonds. The van der Waals surface area contributed by atoms with Crippen LogP contribution in [0.1, 0.15) is 11.1 Å². The van der Waals surface area contributed by atoms with Crippen molar-refractivity contribution < 1.29 is 23.0 Å². The fourth-order valence-corrected chi connectivity index (χ4v) is 4.16. The molecule has 0 radical (unpaired) electrons. The highest BCUT2D eigenvalue weighted by Crippen LogP contribution is 2.36. The first-order chi connectivity index (χ1) is 13.0. The summed E-state index contributed by atoms with van der Waals surface area (Å²) in [4.78, 5) is 0.110. The quantitative estimate of drug-likeness (QED) is 0.613. The fourth-order valence-electron chi connectivity index (χ4n) is 2.75. The number of amidine groups is 1. The number of halogens is 1. The molecule has 2 aromatic carbocycles. The zero-order valence-corrected chi connectivity index (χ0v) is 15.4. The van der Waals surface area contributed by atoms with Crippen LogP contribution in [0.3, 0.4) is 0 Å². The molecule has 0 fully saturated rings. The number of nitrogens with zero attached hydrogens (tertiary/aromatic N) is 3. The predicted molar refractivity (Wildman–Crippen MR) is 99.1 cm³/mol. The molecule has 4 rings (SSSR count). The molecule has 8 nitrogen and oxygen atoms in total. The summed E-state index contributed by atoms with van der Waals surface area (Å²) in [5.74, 6) is 1.23. The molecule has 0 aliphatic carbocycles. The van der Waals surface area contributed by atoms with Gasteiger partial charge in [-0.05, 0) is 18.2 Å². The maximum absolute atomic E-state index is 12.2. The average molecular weight is 408 g/mol. The highest BCUT2D eigenvalue weighted by Gasteiger charge is 2.31. The number of fused-ring (bicyclic) bond motifs is 2. The van der Waals surface area contributed by atoms with Gasteiger partial charge in [0.15, 0.2) is 17.3 Å². The Morgan fingerprint density at radius 1 is 1.26 bits per heavy atom. The molecule has 2 aliphatic heterocycles. The first-order valence-electron chi connectivity index (χ1n) is 7.95. The molecule has 0 aromatic heterocycles. The average Bonchev–Trinajstić information content (AvgIpc) is 3.20. The van der Waals surface area contributed by atoms with Gasteiger partial charge in [0.05, 0.1) is 24.4 Å². The van der Waals surface area contributed by atoms with Crippen LogP contribution in [0, 0.1) is 0 Å². The van der Waals surface area contributed by atoms with E-state index in [0.29, 0.717) is 27.6 Å². The van der Waals surface area contributed by atoms with Crippen molar-refractivity contribution in [2.75, 3.05) is 19.9 Å². The predicted octanol–water partition coefficient (Wildman–Crippen LogP) is 1.85. The van der Waals surface area contributed by atoms with E-state index in [9.17, 15) is 13.5 Å². The third-order valence-corrected chi connectivity index (χ3v) is 5.65. The van der Waals surface area contributed by atoms with Gasteiger partial charge >= 0.3 is 0 Å². The van der Waals surface area contributed by atoms with Crippen LogP contribution in [0.5, 0.6) is 11.5 Å². The summed E-state index contributed by atoms with van der Waals surface area (Å²) in [7, 11) is -3.79. The molecule has 140 valence electrons. The van der Waals surface area contributed by atoms with Crippen molar-refractivity contribution in [3.63, 3.8) is 0 Å². The first kappa shape index (κ1) is 17.8. The highest BCUT2D eigenvalue weighted by molar-refractivity contribution is 7.90. The molecule has 2 aliphatic rings. The number of aliphatic hydroxyl groups is 1. The zero-order chi connectivity index (χ0) is 19.0. The van der Waals surface area contributed by atoms with Gasteiger partial charge < -0.3 is 14.6 Å². The third-order valence-electron chi connectivity index (χ3n) is 4.00. The van der Waals surface area contributed by atoms with E-state index in [1.165, 1.54) is 17.3 Å². The number of hydrazone groups is 1. The Kier molecular flexibility index (Phi) is 4.50. The number of aliphatic hydroxyl groups excluding tert-OH is 1. The van der Waals surface area contributed by atoms with Gasteiger partial charge in [0.25, 0.3) is 10.0 Å². The Balaban J connectivity index is 1.70. The topological polar surface area (TPSA) is 101 Å². The zero-order valence-electron chi connectivity index (χ0n) is 13.9. The third kappa shape index (κ3) is 3.25. The maximum atomic E-state index is 12.2. The molecule has 0 bridgehead atoms. The van der Waals surface area contributed by atoms with E-state index in [1.54, 1.807) is 30.3 Å². The number of hydrogen-bond donors (Lipinski definition) is 1. The SMILES string of the molecule is O=S1(=O)N=C(N(CCO)/N=C\c2cc3c(cc2Cl)OCO3)c2ccccc21. The summed E-state index contributed by atoms with van der Waals surface area (Å²) in [5.41, 5.74) is 0.985. The van der Waals surface area contributed by atoms with Gasteiger partial charge in [-0.3, -0.25) is 0 Å². The molecule has 10 heteroatoms. The normalized spacial score (nSPS) is 16.4. The summed E-state index contributed by atoms with van der Waals surface area (Å²) in [6.07, 6.45) is 1.45. The van der Waals surface area contributed by atoms with Crippen LogP contribution >= 0.6 is 11.6 Å². The van der Waals surface area contributed by atoms with E-state index in [-0.39, 0.29) is 30.7 Å². The molecule has 2 aromatic rings. The van der Waals surface area contributed by atoms with Crippen molar-refractivity contribution in [2.45, 2.75) is 4.90 Å². The van der Waals surface area contributed by atoms with Gasteiger partial charge in [-0.1, -0.05) is 23.7 Å². The molecule has 0 spiro atoms. The lowest BCUT2D eigenvalue weighted by atomic mass is 10.2. The molecule has 0 saturated carbocycles. The number of rotatable bonds is 4. The molecule has 0 unspecified atom stereocenters.